The van der Waals surface area contributed by atoms with E-state index < -0.39 is 6.04 Å². The highest BCUT2D eigenvalue weighted by molar-refractivity contribution is 5.80. The standard InChI is InChI=1S/C33H36N2O6/c36-20-29(24-6-2-1-3-7-24)34-32(37)28-9-5-4-8-27(28)23-12-10-22(11-13-23)19-35(25-14-15-25)33(38)41-26-16-17-30-31(18-26)40-21-39-30/h1-3,6-7,10-13,16-18,25,27-29,36H,4-5,8-9,14-15,19-21H2,(H,34,37)/t27-,28+,29+/m1/s1. The van der Waals surface area contributed by atoms with Gasteiger partial charge in [0.05, 0.1) is 12.6 Å². The molecular formula is C33H36N2O6. The van der Waals surface area contributed by atoms with Crippen molar-refractivity contribution >= 4 is 12.0 Å². The van der Waals surface area contributed by atoms with Crippen LogP contribution in [0.5, 0.6) is 17.2 Å². The maximum atomic E-state index is 13.4. The van der Waals surface area contributed by atoms with Crippen molar-refractivity contribution in [3.63, 3.8) is 0 Å². The zero-order chi connectivity index (χ0) is 28.2. The molecule has 0 bridgehead atoms. The number of aliphatic hydroxyl groups excluding tert-OH is 1. The molecule has 2 aliphatic carbocycles. The molecule has 0 aromatic heterocycles. The summed E-state index contributed by atoms with van der Waals surface area (Å²) < 4.78 is 16.4. The van der Waals surface area contributed by atoms with Crippen molar-refractivity contribution in [1.29, 1.82) is 0 Å². The first kappa shape index (κ1) is 27.1. The van der Waals surface area contributed by atoms with Crippen LogP contribution < -0.4 is 19.5 Å². The van der Waals surface area contributed by atoms with Gasteiger partial charge in [0.25, 0.3) is 0 Å². The van der Waals surface area contributed by atoms with E-state index in [2.05, 4.69) is 29.6 Å². The second kappa shape index (κ2) is 12.2. The minimum Gasteiger partial charge on any atom is -0.454 e. The van der Waals surface area contributed by atoms with Gasteiger partial charge in [0, 0.05) is 24.6 Å². The van der Waals surface area contributed by atoms with E-state index in [-0.39, 0.29) is 43.3 Å². The van der Waals surface area contributed by atoms with Crippen LogP contribution in [0.4, 0.5) is 4.79 Å². The zero-order valence-electron chi connectivity index (χ0n) is 23.0. The number of hydrogen-bond acceptors (Lipinski definition) is 6. The molecule has 1 aliphatic heterocycles. The Morgan fingerprint density at radius 3 is 2.44 bits per heavy atom. The predicted molar refractivity (Wildman–Crippen MR) is 153 cm³/mol. The Labute approximate surface area is 240 Å². The second-order valence-corrected chi connectivity index (χ2v) is 11.1. The number of amides is 2. The summed E-state index contributed by atoms with van der Waals surface area (Å²) in [7, 11) is 0. The van der Waals surface area contributed by atoms with Crippen LogP contribution >= 0.6 is 0 Å². The fraction of sp³-hybridized carbons (Fsp3) is 0.394. The third-order valence-corrected chi connectivity index (χ3v) is 8.34. The van der Waals surface area contributed by atoms with Crippen LogP contribution in [-0.2, 0) is 11.3 Å². The molecule has 2 N–H and O–H groups in total. The van der Waals surface area contributed by atoms with Gasteiger partial charge in [-0.15, -0.1) is 0 Å². The largest absolute Gasteiger partial charge is 0.454 e. The molecule has 2 saturated carbocycles. The highest BCUT2D eigenvalue weighted by Gasteiger charge is 2.35. The van der Waals surface area contributed by atoms with Crippen molar-refractivity contribution in [2.75, 3.05) is 13.4 Å². The predicted octanol–water partition coefficient (Wildman–Crippen LogP) is 5.70. The number of benzene rings is 3. The Morgan fingerprint density at radius 2 is 1.68 bits per heavy atom. The molecule has 6 rings (SSSR count). The van der Waals surface area contributed by atoms with Crippen molar-refractivity contribution in [1.82, 2.24) is 10.2 Å². The monoisotopic (exact) mass is 556 g/mol. The van der Waals surface area contributed by atoms with E-state index in [0.717, 1.165) is 55.2 Å². The summed E-state index contributed by atoms with van der Waals surface area (Å²) >= 11 is 0. The van der Waals surface area contributed by atoms with Crippen LogP contribution in [0.3, 0.4) is 0 Å². The van der Waals surface area contributed by atoms with Gasteiger partial charge in [-0.3, -0.25) is 4.79 Å². The third-order valence-electron chi connectivity index (χ3n) is 8.34. The third kappa shape index (κ3) is 6.33. The van der Waals surface area contributed by atoms with Crippen molar-refractivity contribution in [2.45, 2.75) is 63.1 Å². The smallest absolute Gasteiger partial charge is 0.415 e. The average Bonchev–Trinajstić information content (AvgIpc) is 3.75. The van der Waals surface area contributed by atoms with E-state index in [1.165, 1.54) is 0 Å². The van der Waals surface area contributed by atoms with Crippen LogP contribution in [0.2, 0.25) is 0 Å². The quantitative estimate of drug-likeness (QED) is 0.351. The van der Waals surface area contributed by atoms with Gasteiger partial charge in [0.1, 0.15) is 5.75 Å². The summed E-state index contributed by atoms with van der Waals surface area (Å²) in [5.41, 5.74) is 3.05. The fourth-order valence-electron chi connectivity index (χ4n) is 5.94. The lowest BCUT2D eigenvalue weighted by Crippen LogP contribution is -2.39. The molecule has 0 radical (unpaired) electrons. The molecule has 3 atom stereocenters. The van der Waals surface area contributed by atoms with Crippen molar-refractivity contribution in [2.24, 2.45) is 5.92 Å². The summed E-state index contributed by atoms with van der Waals surface area (Å²) in [6.45, 7) is 0.481. The number of aliphatic hydroxyl groups is 1. The fourth-order valence-corrected chi connectivity index (χ4v) is 5.94. The van der Waals surface area contributed by atoms with Crippen LogP contribution in [-0.4, -0.2) is 41.4 Å². The Hall–Kier alpha value is -4.04. The SMILES string of the molecule is O=C(N[C@@H](CO)c1ccccc1)[C@H]1CCCC[C@@H]1c1ccc(CN(C(=O)Oc2ccc3c(c2)OCO3)C2CC2)cc1. The molecule has 2 fully saturated rings. The molecule has 214 valence electrons. The molecule has 0 unspecified atom stereocenters. The molecule has 0 saturated heterocycles. The molecule has 1 heterocycles. The Bertz CT molecular complexity index is 1360. The van der Waals surface area contributed by atoms with Gasteiger partial charge in [-0.25, -0.2) is 4.79 Å². The minimum absolute atomic E-state index is 0.00662. The van der Waals surface area contributed by atoms with Gasteiger partial charge in [0.15, 0.2) is 11.5 Å². The van der Waals surface area contributed by atoms with E-state index in [1.807, 2.05) is 30.3 Å². The van der Waals surface area contributed by atoms with Gasteiger partial charge in [-0.05, 0) is 60.4 Å². The summed E-state index contributed by atoms with van der Waals surface area (Å²) in [4.78, 5) is 28.3. The lowest BCUT2D eigenvalue weighted by Gasteiger charge is -2.32. The van der Waals surface area contributed by atoms with Gasteiger partial charge >= 0.3 is 6.09 Å². The molecule has 0 spiro atoms. The van der Waals surface area contributed by atoms with Crippen LogP contribution in [0.15, 0.2) is 72.8 Å². The first-order chi connectivity index (χ1) is 20.1. The molecule has 3 aromatic rings. The number of fused-ring (bicyclic) bond motifs is 1. The highest BCUT2D eigenvalue weighted by Crippen LogP contribution is 2.39. The Morgan fingerprint density at radius 1 is 0.927 bits per heavy atom. The van der Waals surface area contributed by atoms with Crippen LogP contribution in [0.1, 0.15) is 67.2 Å². The van der Waals surface area contributed by atoms with E-state index >= 15 is 0 Å². The molecule has 8 heteroatoms. The van der Waals surface area contributed by atoms with Crippen molar-refractivity contribution < 1.29 is 28.9 Å². The number of nitrogens with one attached hydrogen (secondary N) is 1. The van der Waals surface area contributed by atoms with Crippen LogP contribution in [0.25, 0.3) is 0 Å². The number of carbonyl (C=O) groups excluding carboxylic acids is 2. The summed E-state index contributed by atoms with van der Waals surface area (Å²) in [6.07, 6.45) is 5.42. The Kier molecular flexibility index (Phi) is 8.09. The lowest BCUT2D eigenvalue weighted by atomic mass is 9.74. The number of hydrogen-bond donors (Lipinski definition) is 2. The van der Waals surface area contributed by atoms with Gasteiger partial charge in [-0.1, -0.05) is 67.4 Å². The van der Waals surface area contributed by atoms with E-state index in [1.54, 1.807) is 23.1 Å². The topological polar surface area (TPSA) is 97.3 Å². The second-order valence-electron chi connectivity index (χ2n) is 11.1. The number of ether oxygens (including phenoxy) is 3. The van der Waals surface area contributed by atoms with Crippen LogP contribution in [0, 0.1) is 5.92 Å². The number of nitrogens with zero attached hydrogens (tertiary/aromatic N) is 1. The molecule has 2 amide bonds. The van der Waals surface area contributed by atoms with Crippen molar-refractivity contribution in [3.05, 3.63) is 89.5 Å². The van der Waals surface area contributed by atoms with Crippen molar-refractivity contribution in [3.8, 4) is 17.2 Å². The summed E-state index contributed by atoms with van der Waals surface area (Å²) in [5.74, 6) is 1.61. The average molecular weight is 557 g/mol. The maximum Gasteiger partial charge on any atom is 0.415 e. The van der Waals surface area contributed by atoms with E-state index in [4.69, 9.17) is 14.2 Å². The molecule has 41 heavy (non-hydrogen) atoms. The zero-order valence-corrected chi connectivity index (χ0v) is 23.0. The summed E-state index contributed by atoms with van der Waals surface area (Å²) in [6, 6.07) is 22.8. The minimum atomic E-state index is -0.417. The number of carbonyl (C=O) groups is 2. The number of rotatable bonds is 9. The first-order valence-corrected chi connectivity index (χ1v) is 14.5. The summed E-state index contributed by atoms with van der Waals surface area (Å²) in [5, 5.41) is 13.0. The van der Waals surface area contributed by atoms with E-state index in [0.29, 0.717) is 23.8 Å². The van der Waals surface area contributed by atoms with Gasteiger partial charge in [0.2, 0.25) is 12.7 Å². The van der Waals surface area contributed by atoms with Gasteiger partial charge < -0.3 is 29.5 Å². The first-order valence-electron chi connectivity index (χ1n) is 14.5. The lowest BCUT2D eigenvalue weighted by molar-refractivity contribution is -0.127. The Balaban J connectivity index is 1.11. The maximum absolute atomic E-state index is 13.4. The molecule has 3 aliphatic rings. The highest BCUT2D eigenvalue weighted by atomic mass is 16.7. The molecule has 8 nitrogen and oxygen atoms in total. The van der Waals surface area contributed by atoms with E-state index in [9.17, 15) is 14.7 Å². The van der Waals surface area contributed by atoms with Gasteiger partial charge in [-0.2, -0.15) is 0 Å². The molecular weight excluding hydrogens is 520 g/mol. The normalized spacial score (nSPS) is 20.2. The molecule has 3 aromatic carbocycles.